The standard InChI is InChI=1S/C27H29ClN2O3/c28-25-16-15-23(19-24(25)27(32)33)30-26(31)17-12-21-10-13-22(14-11-21)29-18-6-2-5-9-20-7-3-1-4-8-20/h1,3-4,7-8,10-11,13-16,19,29H,2,5-6,9,12,17-18H2,(H,30,31)(H,32,33). The van der Waals surface area contributed by atoms with E-state index in [1.165, 1.54) is 30.5 Å². The summed E-state index contributed by atoms with van der Waals surface area (Å²) in [5.74, 6) is -1.30. The second-order valence-corrected chi connectivity index (χ2v) is 8.38. The first-order valence-electron chi connectivity index (χ1n) is 11.2. The normalized spacial score (nSPS) is 10.6. The minimum absolute atomic E-state index is 0.0336. The second-order valence-electron chi connectivity index (χ2n) is 7.97. The number of rotatable bonds is 12. The van der Waals surface area contributed by atoms with Gasteiger partial charge in [0, 0.05) is 24.3 Å². The van der Waals surface area contributed by atoms with E-state index in [4.69, 9.17) is 16.7 Å². The molecule has 172 valence electrons. The van der Waals surface area contributed by atoms with Gasteiger partial charge in [0.25, 0.3) is 0 Å². The van der Waals surface area contributed by atoms with E-state index in [9.17, 15) is 9.59 Å². The second kappa shape index (κ2) is 12.7. The number of carboxylic acid groups (broad SMARTS) is 1. The lowest BCUT2D eigenvalue weighted by molar-refractivity contribution is -0.116. The minimum Gasteiger partial charge on any atom is -0.478 e. The molecule has 3 N–H and O–H groups in total. The Morgan fingerprint density at radius 1 is 0.788 bits per heavy atom. The van der Waals surface area contributed by atoms with E-state index in [0.29, 0.717) is 18.5 Å². The summed E-state index contributed by atoms with van der Waals surface area (Å²) in [6, 6.07) is 23.1. The predicted octanol–water partition coefficient (Wildman–Crippen LogP) is 6.43. The lowest BCUT2D eigenvalue weighted by atomic mass is 10.1. The number of aryl methyl sites for hydroxylation is 2. The van der Waals surface area contributed by atoms with Crippen molar-refractivity contribution in [1.82, 2.24) is 0 Å². The van der Waals surface area contributed by atoms with Crippen LogP contribution in [0.2, 0.25) is 5.02 Å². The molecule has 0 spiro atoms. The highest BCUT2D eigenvalue weighted by atomic mass is 35.5. The Balaban J connectivity index is 1.34. The lowest BCUT2D eigenvalue weighted by Gasteiger charge is -2.09. The van der Waals surface area contributed by atoms with Crippen LogP contribution in [0.15, 0.2) is 72.8 Å². The molecule has 0 aromatic heterocycles. The SMILES string of the molecule is O=C(CCc1ccc(NCCCCCc2ccccc2)cc1)Nc1ccc(Cl)c(C(=O)O)c1. The van der Waals surface area contributed by atoms with Crippen LogP contribution < -0.4 is 10.6 Å². The fourth-order valence-corrected chi connectivity index (χ4v) is 3.74. The minimum atomic E-state index is -1.13. The Bertz CT molecular complexity index is 1050. The third-order valence-electron chi connectivity index (χ3n) is 5.39. The molecule has 0 aliphatic rings. The molecule has 3 aromatic rings. The zero-order valence-corrected chi connectivity index (χ0v) is 19.3. The Hall–Kier alpha value is -3.31. The van der Waals surface area contributed by atoms with Gasteiger partial charge >= 0.3 is 5.97 Å². The van der Waals surface area contributed by atoms with Crippen molar-refractivity contribution in [2.24, 2.45) is 0 Å². The summed E-state index contributed by atoms with van der Waals surface area (Å²) in [4.78, 5) is 23.4. The van der Waals surface area contributed by atoms with E-state index in [1.807, 2.05) is 30.3 Å². The number of amides is 1. The van der Waals surface area contributed by atoms with Crippen LogP contribution in [0, 0.1) is 0 Å². The number of unbranched alkanes of at least 4 members (excludes halogenated alkanes) is 2. The Morgan fingerprint density at radius 2 is 1.48 bits per heavy atom. The molecule has 0 atom stereocenters. The largest absolute Gasteiger partial charge is 0.478 e. The van der Waals surface area contributed by atoms with E-state index in [0.717, 1.165) is 30.6 Å². The van der Waals surface area contributed by atoms with Crippen molar-refractivity contribution < 1.29 is 14.7 Å². The zero-order chi connectivity index (χ0) is 23.5. The zero-order valence-electron chi connectivity index (χ0n) is 18.5. The van der Waals surface area contributed by atoms with Gasteiger partial charge in [-0.15, -0.1) is 0 Å². The summed E-state index contributed by atoms with van der Waals surface area (Å²) in [5, 5.41) is 15.4. The molecule has 0 aliphatic carbocycles. The molecule has 0 heterocycles. The first-order chi connectivity index (χ1) is 16.0. The lowest BCUT2D eigenvalue weighted by Crippen LogP contribution is -2.13. The number of nitrogens with one attached hydrogen (secondary N) is 2. The van der Waals surface area contributed by atoms with Gasteiger partial charge in [0.15, 0.2) is 0 Å². The van der Waals surface area contributed by atoms with E-state index < -0.39 is 5.97 Å². The van der Waals surface area contributed by atoms with Gasteiger partial charge in [-0.2, -0.15) is 0 Å². The van der Waals surface area contributed by atoms with Crippen LogP contribution in [0.4, 0.5) is 11.4 Å². The van der Waals surface area contributed by atoms with Crippen LogP contribution in [-0.2, 0) is 17.6 Å². The molecule has 3 rings (SSSR count). The average Bonchev–Trinajstić information content (AvgIpc) is 2.82. The number of carboxylic acids is 1. The Kier molecular flexibility index (Phi) is 9.33. The van der Waals surface area contributed by atoms with Gasteiger partial charge in [-0.1, -0.05) is 60.5 Å². The summed E-state index contributed by atoms with van der Waals surface area (Å²) >= 11 is 5.86. The summed E-state index contributed by atoms with van der Waals surface area (Å²) in [7, 11) is 0. The topological polar surface area (TPSA) is 78.4 Å². The third kappa shape index (κ3) is 8.28. The molecule has 0 radical (unpaired) electrons. The Labute approximate surface area is 199 Å². The number of carbonyl (C=O) groups is 2. The average molecular weight is 465 g/mol. The summed E-state index contributed by atoms with van der Waals surface area (Å²) in [5.41, 5.74) is 3.93. The highest BCUT2D eigenvalue weighted by molar-refractivity contribution is 6.33. The van der Waals surface area contributed by atoms with Gasteiger partial charge in [0.05, 0.1) is 10.6 Å². The third-order valence-corrected chi connectivity index (χ3v) is 5.72. The number of benzene rings is 3. The fourth-order valence-electron chi connectivity index (χ4n) is 3.55. The summed E-state index contributed by atoms with van der Waals surface area (Å²) < 4.78 is 0. The van der Waals surface area contributed by atoms with Gasteiger partial charge in [0.2, 0.25) is 5.91 Å². The maximum Gasteiger partial charge on any atom is 0.337 e. The van der Waals surface area contributed by atoms with Gasteiger partial charge in [-0.3, -0.25) is 4.79 Å². The number of anilines is 2. The van der Waals surface area contributed by atoms with Crippen molar-refractivity contribution in [2.45, 2.75) is 38.5 Å². The van der Waals surface area contributed by atoms with Crippen LogP contribution in [0.25, 0.3) is 0 Å². The molecule has 0 aliphatic heterocycles. The predicted molar refractivity (Wildman–Crippen MR) is 134 cm³/mol. The fraction of sp³-hybridized carbons (Fsp3) is 0.259. The first kappa shape index (κ1) is 24.3. The van der Waals surface area contributed by atoms with Crippen molar-refractivity contribution >= 4 is 34.9 Å². The summed E-state index contributed by atoms with van der Waals surface area (Å²) in [6.07, 6.45) is 5.55. The van der Waals surface area contributed by atoms with Gasteiger partial charge in [0.1, 0.15) is 0 Å². The molecule has 0 saturated carbocycles. The molecule has 6 heteroatoms. The van der Waals surface area contributed by atoms with Crippen LogP contribution in [0.5, 0.6) is 0 Å². The monoisotopic (exact) mass is 464 g/mol. The molecule has 3 aromatic carbocycles. The number of halogens is 1. The van der Waals surface area contributed by atoms with Gasteiger partial charge in [-0.25, -0.2) is 4.79 Å². The van der Waals surface area contributed by atoms with Crippen molar-refractivity contribution in [1.29, 1.82) is 0 Å². The van der Waals surface area contributed by atoms with E-state index in [1.54, 1.807) is 6.07 Å². The van der Waals surface area contributed by atoms with Crippen molar-refractivity contribution in [3.8, 4) is 0 Å². The highest BCUT2D eigenvalue weighted by Crippen LogP contribution is 2.21. The molecule has 33 heavy (non-hydrogen) atoms. The number of carbonyl (C=O) groups excluding carboxylic acids is 1. The maximum atomic E-state index is 12.2. The first-order valence-corrected chi connectivity index (χ1v) is 11.6. The molecule has 0 bridgehead atoms. The van der Waals surface area contributed by atoms with Crippen LogP contribution in [0.3, 0.4) is 0 Å². The molecule has 0 saturated heterocycles. The van der Waals surface area contributed by atoms with Gasteiger partial charge < -0.3 is 15.7 Å². The smallest absolute Gasteiger partial charge is 0.337 e. The van der Waals surface area contributed by atoms with Crippen molar-refractivity contribution in [2.75, 3.05) is 17.2 Å². The van der Waals surface area contributed by atoms with Crippen LogP contribution >= 0.6 is 11.6 Å². The molecular formula is C27H29ClN2O3. The molecule has 1 amide bonds. The molecular weight excluding hydrogens is 436 g/mol. The van der Waals surface area contributed by atoms with E-state index in [2.05, 4.69) is 34.9 Å². The van der Waals surface area contributed by atoms with Crippen molar-refractivity contribution in [3.05, 3.63) is 94.5 Å². The summed E-state index contributed by atoms with van der Waals surface area (Å²) in [6.45, 7) is 0.940. The number of hydrogen-bond acceptors (Lipinski definition) is 3. The van der Waals surface area contributed by atoms with E-state index >= 15 is 0 Å². The molecule has 0 fully saturated rings. The highest BCUT2D eigenvalue weighted by Gasteiger charge is 2.11. The van der Waals surface area contributed by atoms with Crippen LogP contribution in [0.1, 0.15) is 47.2 Å². The maximum absolute atomic E-state index is 12.2. The van der Waals surface area contributed by atoms with Gasteiger partial charge in [-0.05, 0) is 67.1 Å². The quantitative estimate of drug-likeness (QED) is 0.270. The van der Waals surface area contributed by atoms with E-state index in [-0.39, 0.29) is 16.5 Å². The number of aromatic carboxylic acids is 1. The molecule has 5 nitrogen and oxygen atoms in total. The van der Waals surface area contributed by atoms with Crippen molar-refractivity contribution in [3.63, 3.8) is 0 Å². The Morgan fingerprint density at radius 3 is 2.21 bits per heavy atom. The number of hydrogen-bond donors (Lipinski definition) is 3. The molecule has 0 unspecified atom stereocenters. The van der Waals surface area contributed by atoms with Crippen LogP contribution in [-0.4, -0.2) is 23.5 Å².